The van der Waals surface area contributed by atoms with Gasteiger partial charge in [-0.25, -0.2) is 0 Å². The Morgan fingerprint density at radius 3 is 2.28 bits per heavy atom. The Bertz CT molecular complexity index is 1250. The number of hydrogen-bond donors (Lipinski definition) is 3. The van der Waals surface area contributed by atoms with Crippen LogP contribution in [-0.2, 0) is 19.1 Å². The molecule has 0 amide bonds. The number of carboxylic acid groups (broad SMARTS) is 1. The summed E-state index contributed by atoms with van der Waals surface area (Å²) < 4.78 is 6.12. The summed E-state index contributed by atoms with van der Waals surface area (Å²) in [4.78, 5) is 38.4. The van der Waals surface area contributed by atoms with Gasteiger partial charge in [0.2, 0.25) is 0 Å². The third kappa shape index (κ3) is 5.51. The van der Waals surface area contributed by atoms with Crippen LogP contribution >= 0.6 is 0 Å². The summed E-state index contributed by atoms with van der Waals surface area (Å²) in [6.07, 6.45) is 8.76. The topological polar surface area (TPSA) is 113 Å². The number of aliphatic carboxylic acids is 1. The van der Waals surface area contributed by atoms with Gasteiger partial charge in [0.25, 0.3) is 0 Å². The van der Waals surface area contributed by atoms with Crippen LogP contribution in [0.25, 0.3) is 0 Å². The van der Waals surface area contributed by atoms with Crippen molar-refractivity contribution >= 4 is 17.7 Å². The van der Waals surface area contributed by atoms with Crippen LogP contribution in [-0.4, -0.2) is 53.2 Å². The molecule has 0 saturated heterocycles. The van der Waals surface area contributed by atoms with Crippen LogP contribution in [0.1, 0.15) is 133 Å². The lowest BCUT2D eigenvalue weighted by Gasteiger charge is -2.69. The van der Waals surface area contributed by atoms with Crippen molar-refractivity contribution in [3.05, 3.63) is 11.1 Å². The molecule has 0 radical (unpaired) electrons. The fourth-order valence-corrected chi connectivity index (χ4v) is 12.2. The second-order valence-electron chi connectivity index (χ2n) is 18.1. The minimum absolute atomic E-state index is 0.115. The molecule has 9 atom stereocenters. The van der Waals surface area contributed by atoms with E-state index in [1.165, 1.54) is 5.57 Å². The van der Waals surface area contributed by atoms with Gasteiger partial charge in [0.15, 0.2) is 5.78 Å². The molecule has 0 aromatic heterocycles. The van der Waals surface area contributed by atoms with Gasteiger partial charge in [-0.3, -0.25) is 14.4 Å². The van der Waals surface area contributed by atoms with Gasteiger partial charge in [0.1, 0.15) is 6.10 Å². The van der Waals surface area contributed by atoms with E-state index in [0.717, 1.165) is 69.9 Å². The van der Waals surface area contributed by atoms with Crippen molar-refractivity contribution in [2.45, 2.75) is 145 Å². The summed E-state index contributed by atoms with van der Waals surface area (Å²) in [6, 6.07) is 0. The smallest absolute Gasteiger partial charge is 0.309 e. The average molecular weight is 642 g/mol. The zero-order valence-electron chi connectivity index (χ0n) is 30.3. The first-order valence-corrected chi connectivity index (χ1v) is 18.5. The number of carboxylic acids is 1. The predicted octanol–water partition coefficient (Wildman–Crippen LogP) is 7.35. The summed E-state index contributed by atoms with van der Waals surface area (Å²) in [6.45, 7) is 20.7. The van der Waals surface area contributed by atoms with Gasteiger partial charge in [0, 0.05) is 23.8 Å². The standard InChI is InChI=1S/C39H63NO6/c1-10-19-40-22-29(42)39-18-13-25-24(33(39)32(23(2)3)26(41)20-39)11-12-28-37(25,8)16-14-27-36(6,7)30(15-17-38(27,28)9)46-31(43)21-35(4,5)34(44)45/h23-25,27-30,40,42H,10-22H2,1-9H3,(H,44,45). The zero-order valence-corrected chi connectivity index (χ0v) is 30.3. The summed E-state index contributed by atoms with van der Waals surface area (Å²) in [5.41, 5.74) is 0.840. The van der Waals surface area contributed by atoms with Gasteiger partial charge in [-0.15, -0.1) is 0 Å². The number of hydrogen-bond acceptors (Lipinski definition) is 6. The molecule has 7 nitrogen and oxygen atoms in total. The lowest BCUT2D eigenvalue weighted by Crippen LogP contribution is -2.63. The minimum Gasteiger partial charge on any atom is -0.481 e. The monoisotopic (exact) mass is 641 g/mol. The van der Waals surface area contributed by atoms with E-state index in [4.69, 9.17) is 4.74 Å². The van der Waals surface area contributed by atoms with Crippen LogP contribution in [0.5, 0.6) is 0 Å². The molecule has 7 heteroatoms. The number of Topliss-reactive ketones (excluding diaryl/α,β-unsaturated/α-hetero) is 1. The Kier molecular flexibility index (Phi) is 9.51. The second kappa shape index (κ2) is 12.3. The first-order chi connectivity index (χ1) is 21.4. The molecule has 4 fully saturated rings. The normalized spacial score (nSPS) is 39.3. The number of aliphatic hydroxyl groups is 1. The van der Waals surface area contributed by atoms with E-state index in [0.29, 0.717) is 36.6 Å². The van der Waals surface area contributed by atoms with Crippen molar-refractivity contribution < 1.29 is 29.3 Å². The highest BCUT2D eigenvalue weighted by Gasteiger charge is 2.67. The van der Waals surface area contributed by atoms with Gasteiger partial charge >= 0.3 is 11.9 Å². The molecule has 5 aliphatic carbocycles. The molecule has 0 spiro atoms. The number of carbonyl (C=O) groups is 3. The van der Waals surface area contributed by atoms with Gasteiger partial charge in [-0.1, -0.05) is 54.0 Å². The Labute approximate surface area is 278 Å². The molecular weight excluding hydrogens is 578 g/mol. The van der Waals surface area contributed by atoms with Crippen molar-refractivity contribution in [2.24, 2.45) is 56.7 Å². The number of nitrogens with one attached hydrogen (secondary N) is 1. The van der Waals surface area contributed by atoms with E-state index in [2.05, 4.69) is 53.8 Å². The molecule has 0 bridgehead atoms. The van der Waals surface area contributed by atoms with E-state index < -0.39 is 28.9 Å². The van der Waals surface area contributed by atoms with E-state index in [9.17, 15) is 24.6 Å². The third-order valence-corrected chi connectivity index (χ3v) is 14.4. The van der Waals surface area contributed by atoms with Crippen LogP contribution in [0.2, 0.25) is 0 Å². The maximum absolute atomic E-state index is 13.7. The Hall–Kier alpha value is -1.73. The average Bonchev–Trinajstić information content (AvgIpc) is 3.27. The highest BCUT2D eigenvalue weighted by Crippen LogP contribution is 2.73. The fraction of sp³-hybridized carbons (Fsp3) is 0.872. The molecule has 4 saturated carbocycles. The van der Waals surface area contributed by atoms with E-state index in [1.807, 2.05) is 0 Å². The van der Waals surface area contributed by atoms with Gasteiger partial charge < -0.3 is 20.3 Å². The van der Waals surface area contributed by atoms with Crippen LogP contribution in [0.15, 0.2) is 11.1 Å². The van der Waals surface area contributed by atoms with Crippen molar-refractivity contribution in [2.75, 3.05) is 13.1 Å². The van der Waals surface area contributed by atoms with Crippen LogP contribution in [0.3, 0.4) is 0 Å². The van der Waals surface area contributed by atoms with Crippen LogP contribution < -0.4 is 5.32 Å². The molecule has 3 N–H and O–H groups in total. The quantitative estimate of drug-likeness (QED) is 0.169. The summed E-state index contributed by atoms with van der Waals surface area (Å²) in [5.74, 6) is 0.840. The lowest BCUT2D eigenvalue weighted by atomic mass is 9.36. The number of rotatable bonds is 10. The van der Waals surface area contributed by atoms with Gasteiger partial charge in [-0.2, -0.15) is 0 Å². The summed E-state index contributed by atoms with van der Waals surface area (Å²) >= 11 is 0. The zero-order chi connectivity index (χ0) is 34.0. The maximum Gasteiger partial charge on any atom is 0.309 e. The first-order valence-electron chi connectivity index (χ1n) is 18.5. The SMILES string of the molecule is CCCNCC(O)C12CCC3C(CCC4C3(C)CCC3C(C)(C)C(OC(=O)CC(C)(C)C(=O)O)CCC34C)C1=C(C(C)C)C(=O)C2. The molecule has 46 heavy (non-hydrogen) atoms. The van der Waals surface area contributed by atoms with Crippen molar-refractivity contribution in [1.82, 2.24) is 5.32 Å². The minimum atomic E-state index is -1.15. The highest BCUT2D eigenvalue weighted by atomic mass is 16.5. The molecule has 0 aromatic rings. The Morgan fingerprint density at radius 2 is 1.65 bits per heavy atom. The Morgan fingerprint density at radius 1 is 0.978 bits per heavy atom. The van der Waals surface area contributed by atoms with E-state index in [1.54, 1.807) is 13.8 Å². The summed E-state index contributed by atoms with van der Waals surface area (Å²) in [7, 11) is 0. The Balaban J connectivity index is 1.41. The molecule has 0 heterocycles. The van der Waals surface area contributed by atoms with Crippen LogP contribution in [0.4, 0.5) is 0 Å². The molecule has 5 rings (SSSR count). The maximum atomic E-state index is 13.7. The molecule has 260 valence electrons. The molecule has 5 aliphatic rings. The number of ketones is 1. The van der Waals surface area contributed by atoms with Crippen molar-refractivity contribution in [3.63, 3.8) is 0 Å². The summed E-state index contributed by atoms with van der Waals surface area (Å²) in [5, 5.41) is 24.8. The highest BCUT2D eigenvalue weighted by molar-refractivity contribution is 6.00. The number of aliphatic hydroxyl groups excluding tert-OH is 1. The fourth-order valence-electron chi connectivity index (χ4n) is 12.2. The lowest BCUT2D eigenvalue weighted by molar-refractivity contribution is -0.214. The molecule has 0 aromatic carbocycles. The van der Waals surface area contributed by atoms with E-state index in [-0.39, 0.29) is 40.5 Å². The predicted molar refractivity (Wildman–Crippen MR) is 180 cm³/mol. The number of allylic oxidation sites excluding steroid dienone is 1. The number of esters is 1. The molecule has 0 aliphatic heterocycles. The largest absolute Gasteiger partial charge is 0.481 e. The molecular formula is C39H63NO6. The van der Waals surface area contributed by atoms with Gasteiger partial charge in [-0.05, 0) is 124 Å². The van der Waals surface area contributed by atoms with Gasteiger partial charge in [0.05, 0.1) is 17.9 Å². The number of fused-ring (bicyclic) bond motifs is 7. The second-order valence-corrected chi connectivity index (χ2v) is 18.1. The van der Waals surface area contributed by atoms with E-state index >= 15 is 0 Å². The molecule has 9 unspecified atom stereocenters. The number of carbonyl (C=O) groups excluding carboxylic acids is 2. The third-order valence-electron chi connectivity index (χ3n) is 14.4. The van der Waals surface area contributed by atoms with Crippen molar-refractivity contribution in [1.29, 1.82) is 0 Å². The first kappa shape index (κ1) is 35.6. The van der Waals surface area contributed by atoms with Crippen molar-refractivity contribution in [3.8, 4) is 0 Å². The van der Waals surface area contributed by atoms with Crippen LogP contribution in [0, 0.1) is 56.7 Å². The number of ether oxygens (including phenoxy) is 1.